The molecule has 0 saturated heterocycles. The van der Waals surface area contributed by atoms with Gasteiger partial charge >= 0.3 is 0 Å². The molecule has 0 fully saturated rings. The summed E-state index contributed by atoms with van der Waals surface area (Å²) in [5.74, 6) is 4.31. The van der Waals surface area contributed by atoms with E-state index >= 15 is 0 Å². The summed E-state index contributed by atoms with van der Waals surface area (Å²) in [5.41, 5.74) is 1.78. The molecule has 7 heteroatoms. The summed E-state index contributed by atoms with van der Waals surface area (Å²) in [6.07, 6.45) is 0. The van der Waals surface area contributed by atoms with Crippen LogP contribution in [-0.2, 0) is 0 Å². The van der Waals surface area contributed by atoms with E-state index in [0.717, 1.165) is 11.3 Å². The van der Waals surface area contributed by atoms with E-state index in [9.17, 15) is 14.9 Å². The van der Waals surface area contributed by atoms with Crippen molar-refractivity contribution in [3.63, 3.8) is 0 Å². The summed E-state index contributed by atoms with van der Waals surface area (Å²) in [4.78, 5) is 20.6. The summed E-state index contributed by atoms with van der Waals surface area (Å²) >= 11 is 0.977. The molecule has 1 aromatic heterocycles. The number of carbonyl (C=O) groups is 1. The molecule has 1 amide bonds. The zero-order valence-corrected chi connectivity index (χ0v) is 6.63. The van der Waals surface area contributed by atoms with Gasteiger partial charge in [0.1, 0.15) is 4.88 Å². The molecule has 0 unspecified atom stereocenters. The predicted molar refractivity (Wildman–Crippen MR) is 42.6 cm³/mol. The van der Waals surface area contributed by atoms with E-state index in [2.05, 4.69) is 0 Å². The maximum absolute atomic E-state index is 10.8. The fraction of sp³-hybridized carbons (Fsp3) is 0. The lowest BCUT2D eigenvalue weighted by Crippen LogP contribution is -2.29. The Hall–Kier alpha value is -1.47. The van der Waals surface area contributed by atoms with Crippen molar-refractivity contribution in [3.8, 4) is 0 Å². The van der Waals surface area contributed by atoms with Gasteiger partial charge in [0.2, 0.25) is 0 Å². The molecule has 0 bridgehead atoms. The van der Waals surface area contributed by atoms with Crippen molar-refractivity contribution in [2.45, 2.75) is 0 Å². The van der Waals surface area contributed by atoms with Crippen molar-refractivity contribution in [1.82, 2.24) is 5.43 Å². The van der Waals surface area contributed by atoms with E-state index in [1.54, 1.807) is 0 Å². The maximum atomic E-state index is 10.8. The number of carbonyl (C=O) groups excluding carboxylic acids is 1. The van der Waals surface area contributed by atoms with Crippen molar-refractivity contribution in [3.05, 3.63) is 26.4 Å². The number of hydrazine groups is 1. The van der Waals surface area contributed by atoms with Crippen LogP contribution in [-0.4, -0.2) is 10.8 Å². The first kappa shape index (κ1) is 8.62. The van der Waals surface area contributed by atoms with Gasteiger partial charge in [0.05, 0.1) is 10.3 Å². The van der Waals surface area contributed by atoms with Crippen LogP contribution in [0.3, 0.4) is 0 Å². The molecule has 0 aliphatic carbocycles. The second-order valence-electron chi connectivity index (χ2n) is 1.90. The summed E-state index contributed by atoms with van der Waals surface area (Å²) in [6, 6.07) is 1.17. The highest BCUT2D eigenvalue weighted by atomic mass is 32.1. The molecule has 1 rings (SSSR count). The van der Waals surface area contributed by atoms with E-state index in [1.165, 1.54) is 11.4 Å². The molecular formula is C5H5N3O3S. The van der Waals surface area contributed by atoms with Crippen LogP contribution in [0.4, 0.5) is 5.69 Å². The number of nitrogens with two attached hydrogens (primary N) is 1. The van der Waals surface area contributed by atoms with Gasteiger partial charge in [-0.2, -0.15) is 0 Å². The predicted octanol–water partition coefficient (Wildman–Crippen LogP) is 0.260. The van der Waals surface area contributed by atoms with Crippen molar-refractivity contribution in [2.24, 2.45) is 5.84 Å². The number of nitrogens with one attached hydrogen (secondary N) is 1. The summed E-state index contributed by atoms with van der Waals surface area (Å²) in [5, 5.41) is 11.5. The van der Waals surface area contributed by atoms with Gasteiger partial charge < -0.3 is 0 Å². The van der Waals surface area contributed by atoms with Crippen LogP contribution < -0.4 is 11.3 Å². The number of nitrogen functional groups attached to an aromatic ring is 1. The highest BCUT2D eigenvalue weighted by Crippen LogP contribution is 2.20. The quantitative estimate of drug-likeness (QED) is 0.300. The minimum atomic E-state index is -0.566. The normalized spacial score (nSPS) is 9.42. The van der Waals surface area contributed by atoms with Crippen LogP contribution in [0.15, 0.2) is 11.4 Å². The van der Waals surface area contributed by atoms with Gasteiger partial charge in [-0.25, -0.2) is 5.84 Å². The van der Waals surface area contributed by atoms with Gasteiger partial charge in [-0.15, -0.1) is 11.3 Å². The van der Waals surface area contributed by atoms with Crippen LogP contribution in [0.1, 0.15) is 9.67 Å². The lowest BCUT2D eigenvalue weighted by Gasteiger charge is -1.90. The van der Waals surface area contributed by atoms with Crippen LogP contribution in [0.2, 0.25) is 0 Å². The average Bonchev–Trinajstić information content (AvgIpc) is 2.51. The van der Waals surface area contributed by atoms with Gasteiger partial charge in [0.25, 0.3) is 11.6 Å². The SMILES string of the molecule is NNC(=O)c1cc([N+](=O)[O-])cs1. The third-order valence-electron chi connectivity index (χ3n) is 1.15. The van der Waals surface area contributed by atoms with Crippen LogP contribution in [0, 0.1) is 10.1 Å². The molecule has 64 valence electrons. The number of nitro groups is 1. The fourth-order valence-electron chi connectivity index (χ4n) is 0.612. The molecule has 0 aliphatic heterocycles. The molecule has 0 saturated carbocycles. The Morgan fingerprint density at radius 2 is 2.42 bits per heavy atom. The number of rotatable bonds is 2. The van der Waals surface area contributed by atoms with Crippen LogP contribution >= 0.6 is 11.3 Å². The topological polar surface area (TPSA) is 98.3 Å². The largest absolute Gasteiger partial charge is 0.289 e. The van der Waals surface area contributed by atoms with Gasteiger partial charge in [0, 0.05) is 6.07 Å². The van der Waals surface area contributed by atoms with Crippen molar-refractivity contribution >= 4 is 22.9 Å². The molecule has 0 aromatic carbocycles. The Labute approximate surface area is 71.1 Å². The molecule has 12 heavy (non-hydrogen) atoms. The molecule has 1 aromatic rings. The number of nitrogens with zero attached hydrogens (tertiary/aromatic N) is 1. The zero-order valence-electron chi connectivity index (χ0n) is 5.81. The van der Waals surface area contributed by atoms with Crippen molar-refractivity contribution < 1.29 is 9.72 Å². The average molecular weight is 187 g/mol. The third-order valence-corrected chi connectivity index (χ3v) is 2.07. The second kappa shape index (κ2) is 3.28. The summed E-state index contributed by atoms with van der Waals surface area (Å²) in [7, 11) is 0. The Kier molecular flexibility index (Phi) is 2.36. The highest BCUT2D eigenvalue weighted by Gasteiger charge is 2.13. The molecule has 0 aliphatic rings. The molecule has 1 heterocycles. The van der Waals surface area contributed by atoms with Crippen LogP contribution in [0.25, 0.3) is 0 Å². The minimum Gasteiger partial charge on any atom is -0.289 e. The van der Waals surface area contributed by atoms with Gasteiger partial charge in [0.15, 0.2) is 0 Å². The molecule has 3 N–H and O–H groups in total. The molecule has 0 spiro atoms. The lowest BCUT2D eigenvalue weighted by atomic mass is 10.4. The van der Waals surface area contributed by atoms with E-state index in [4.69, 9.17) is 5.84 Å². The molecule has 6 nitrogen and oxygen atoms in total. The molecular weight excluding hydrogens is 182 g/mol. The van der Waals surface area contributed by atoms with E-state index in [1.807, 2.05) is 5.43 Å². The Morgan fingerprint density at radius 1 is 1.75 bits per heavy atom. The maximum Gasteiger partial charge on any atom is 0.280 e. The molecule has 0 radical (unpaired) electrons. The Bertz CT molecular complexity index is 321. The van der Waals surface area contributed by atoms with E-state index < -0.39 is 10.8 Å². The van der Waals surface area contributed by atoms with Crippen LogP contribution in [0.5, 0.6) is 0 Å². The Morgan fingerprint density at radius 3 is 2.83 bits per heavy atom. The first-order valence-electron chi connectivity index (χ1n) is 2.89. The van der Waals surface area contributed by atoms with E-state index in [-0.39, 0.29) is 10.6 Å². The number of hydrogen-bond acceptors (Lipinski definition) is 5. The second-order valence-corrected chi connectivity index (χ2v) is 2.81. The zero-order chi connectivity index (χ0) is 9.14. The standard InChI is InChI=1S/C5H5N3O3S/c6-7-5(9)4-1-3(2-12-4)8(10)11/h1-2H,6H2,(H,7,9). The summed E-state index contributed by atoms with van der Waals surface area (Å²) in [6.45, 7) is 0. The number of hydrogen-bond donors (Lipinski definition) is 2. The van der Waals surface area contributed by atoms with Gasteiger partial charge in [-0.3, -0.25) is 20.3 Å². The summed E-state index contributed by atoms with van der Waals surface area (Å²) < 4.78 is 0. The highest BCUT2D eigenvalue weighted by molar-refractivity contribution is 7.12. The monoisotopic (exact) mass is 187 g/mol. The Balaban J connectivity index is 2.91. The lowest BCUT2D eigenvalue weighted by molar-refractivity contribution is -0.384. The minimum absolute atomic E-state index is 0.0985. The van der Waals surface area contributed by atoms with E-state index in [0.29, 0.717) is 0 Å². The number of amides is 1. The third kappa shape index (κ3) is 1.57. The smallest absolute Gasteiger partial charge is 0.280 e. The fourth-order valence-corrected chi connectivity index (χ4v) is 1.37. The van der Waals surface area contributed by atoms with Crippen molar-refractivity contribution in [2.75, 3.05) is 0 Å². The van der Waals surface area contributed by atoms with Gasteiger partial charge in [-0.1, -0.05) is 0 Å². The number of thiophene rings is 1. The molecule has 0 atom stereocenters. The van der Waals surface area contributed by atoms with Gasteiger partial charge in [-0.05, 0) is 0 Å². The first-order chi connectivity index (χ1) is 5.65. The first-order valence-corrected chi connectivity index (χ1v) is 3.77. The van der Waals surface area contributed by atoms with Crippen molar-refractivity contribution in [1.29, 1.82) is 0 Å².